The van der Waals surface area contributed by atoms with Gasteiger partial charge in [0.2, 0.25) is 27.6 Å². The number of benzene rings is 2. The van der Waals surface area contributed by atoms with E-state index < -0.39 is 27.8 Å². The molecule has 0 saturated carbocycles. The largest absolute Gasteiger partial charge is 0.497 e. The summed E-state index contributed by atoms with van der Waals surface area (Å²) in [6.07, 6.45) is 0.972. The van der Waals surface area contributed by atoms with Crippen molar-refractivity contribution in [3.8, 4) is 17.1 Å². The van der Waals surface area contributed by atoms with Crippen LogP contribution in [0.25, 0.3) is 11.4 Å². The molecule has 0 aliphatic carbocycles. The maximum absolute atomic E-state index is 13.2. The number of hydrogen-bond donors (Lipinski definition) is 1. The molecule has 0 bridgehead atoms. The third-order valence-corrected chi connectivity index (χ3v) is 5.64. The van der Waals surface area contributed by atoms with Gasteiger partial charge in [0.15, 0.2) is 0 Å². The van der Waals surface area contributed by atoms with E-state index in [9.17, 15) is 17.6 Å². The highest BCUT2D eigenvalue weighted by atomic mass is 32.2. The first-order valence-electron chi connectivity index (χ1n) is 9.18. The van der Waals surface area contributed by atoms with Crippen LogP contribution in [-0.4, -0.2) is 43.9 Å². The maximum atomic E-state index is 13.2. The molecule has 0 spiro atoms. The average Bonchev–Trinajstić information content (AvgIpc) is 3.21. The highest BCUT2D eigenvalue weighted by Gasteiger charge is 2.29. The molecule has 0 unspecified atom stereocenters. The summed E-state index contributed by atoms with van der Waals surface area (Å²) in [6.45, 7) is 1.34. The summed E-state index contributed by atoms with van der Waals surface area (Å²) in [6, 6.07) is 10.8. The van der Waals surface area contributed by atoms with Crippen molar-refractivity contribution in [1.29, 1.82) is 0 Å². The molecule has 1 atom stereocenters. The second-order valence-electron chi connectivity index (χ2n) is 6.67. The van der Waals surface area contributed by atoms with Crippen molar-refractivity contribution in [1.82, 2.24) is 15.5 Å². The van der Waals surface area contributed by atoms with Crippen LogP contribution in [0.3, 0.4) is 0 Å². The number of carbonyl (C=O) groups excluding carboxylic acids is 1. The number of anilines is 1. The number of hydrogen-bond acceptors (Lipinski definition) is 7. The lowest BCUT2D eigenvalue weighted by Gasteiger charge is -2.28. The van der Waals surface area contributed by atoms with Crippen LogP contribution in [0.2, 0.25) is 0 Å². The summed E-state index contributed by atoms with van der Waals surface area (Å²) < 4.78 is 48.9. The summed E-state index contributed by atoms with van der Waals surface area (Å²) in [5, 5.41) is 6.45. The zero-order valence-electron chi connectivity index (χ0n) is 17.1. The smallest absolute Gasteiger partial charge is 0.246 e. The Hall–Kier alpha value is -3.47. The van der Waals surface area contributed by atoms with Gasteiger partial charge in [-0.3, -0.25) is 9.10 Å². The number of halogens is 1. The van der Waals surface area contributed by atoms with E-state index in [4.69, 9.17) is 9.26 Å². The Labute approximate surface area is 178 Å². The fourth-order valence-electron chi connectivity index (χ4n) is 2.89. The standard InChI is InChI=1S/C20H21FN4O5S/c1-13(25(31(3,27)28)16-8-6-15(21)7-9-16)20(26)22-12-18-23-19(24-30-18)14-4-10-17(29-2)11-5-14/h4-11,13H,12H2,1-3H3,(H,22,26)/t13-/m0/s1. The molecular weight excluding hydrogens is 427 g/mol. The molecule has 0 radical (unpaired) electrons. The van der Waals surface area contributed by atoms with Crippen LogP contribution in [0, 0.1) is 5.82 Å². The van der Waals surface area contributed by atoms with Crippen LogP contribution in [0.15, 0.2) is 53.1 Å². The quantitative estimate of drug-likeness (QED) is 0.563. The molecule has 0 aliphatic heterocycles. The number of carbonyl (C=O) groups is 1. The Morgan fingerprint density at radius 2 is 1.84 bits per heavy atom. The fraction of sp³-hybridized carbons (Fsp3) is 0.250. The van der Waals surface area contributed by atoms with Gasteiger partial charge in [-0.2, -0.15) is 4.98 Å². The van der Waals surface area contributed by atoms with Crippen LogP contribution < -0.4 is 14.4 Å². The molecule has 9 nitrogen and oxygen atoms in total. The van der Waals surface area contributed by atoms with Gasteiger partial charge in [-0.05, 0) is 55.5 Å². The van der Waals surface area contributed by atoms with E-state index in [0.29, 0.717) is 17.1 Å². The van der Waals surface area contributed by atoms with Crippen molar-refractivity contribution in [3.05, 3.63) is 60.2 Å². The zero-order valence-corrected chi connectivity index (χ0v) is 17.9. The van der Waals surface area contributed by atoms with Gasteiger partial charge < -0.3 is 14.6 Å². The molecule has 0 saturated heterocycles. The van der Waals surface area contributed by atoms with Gasteiger partial charge in [-0.1, -0.05) is 5.16 Å². The SMILES string of the molecule is COc1ccc(-c2noc(CNC(=O)[C@H](C)N(c3ccc(F)cc3)S(C)(=O)=O)n2)cc1. The fourth-order valence-corrected chi connectivity index (χ4v) is 4.07. The Bertz CT molecular complexity index is 1150. The van der Waals surface area contributed by atoms with Crippen LogP contribution in [-0.2, 0) is 21.4 Å². The Balaban J connectivity index is 1.69. The van der Waals surface area contributed by atoms with Crippen LogP contribution in [0.4, 0.5) is 10.1 Å². The van der Waals surface area contributed by atoms with Gasteiger partial charge in [0, 0.05) is 5.56 Å². The van der Waals surface area contributed by atoms with Crippen LogP contribution in [0.1, 0.15) is 12.8 Å². The average molecular weight is 448 g/mol. The number of methoxy groups -OCH3 is 1. The van der Waals surface area contributed by atoms with Crippen molar-refractivity contribution in [3.63, 3.8) is 0 Å². The van der Waals surface area contributed by atoms with E-state index in [1.165, 1.54) is 19.1 Å². The van der Waals surface area contributed by atoms with E-state index in [-0.39, 0.29) is 18.1 Å². The minimum Gasteiger partial charge on any atom is -0.497 e. The minimum atomic E-state index is -3.81. The number of nitrogens with zero attached hydrogens (tertiary/aromatic N) is 3. The van der Waals surface area contributed by atoms with Gasteiger partial charge >= 0.3 is 0 Å². The molecule has 164 valence electrons. The molecule has 0 fully saturated rings. The summed E-state index contributed by atoms with van der Waals surface area (Å²) in [7, 11) is -2.25. The van der Waals surface area contributed by atoms with Crippen molar-refractivity contribution >= 4 is 21.6 Å². The van der Waals surface area contributed by atoms with Crippen LogP contribution >= 0.6 is 0 Å². The third kappa shape index (κ3) is 5.37. The van der Waals surface area contributed by atoms with Crippen molar-refractivity contribution in [2.24, 2.45) is 0 Å². The normalized spacial score (nSPS) is 12.3. The maximum Gasteiger partial charge on any atom is 0.246 e. The highest BCUT2D eigenvalue weighted by Crippen LogP contribution is 2.22. The van der Waals surface area contributed by atoms with E-state index in [2.05, 4.69) is 15.5 Å². The molecule has 0 aliphatic rings. The summed E-state index contributed by atoms with van der Waals surface area (Å²) >= 11 is 0. The van der Waals surface area contributed by atoms with E-state index in [0.717, 1.165) is 22.7 Å². The first-order chi connectivity index (χ1) is 14.7. The Morgan fingerprint density at radius 1 is 1.19 bits per heavy atom. The lowest BCUT2D eigenvalue weighted by atomic mass is 10.2. The van der Waals surface area contributed by atoms with E-state index >= 15 is 0 Å². The van der Waals surface area contributed by atoms with Gasteiger partial charge in [0.25, 0.3) is 0 Å². The third-order valence-electron chi connectivity index (χ3n) is 4.40. The lowest BCUT2D eigenvalue weighted by Crippen LogP contribution is -2.47. The summed E-state index contributed by atoms with van der Waals surface area (Å²) in [4.78, 5) is 16.8. The predicted octanol–water partition coefficient (Wildman–Crippen LogP) is 2.36. The van der Waals surface area contributed by atoms with Crippen molar-refractivity contribution in [2.75, 3.05) is 17.7 Å². The second-order valence-corrected chi connectivity index (χ2v) is 8.53. The molecule has 11 heteroatoms. The monoisotopic (exact) mass is 448 g/mol. The van der Waals surface area contributed by atoms with Crippen LogP contribution in [0.5, 0.6) is 5.75 Å². The van der Waals surface area contributed by atoms with Crippen molar-refractivity contribution < 1.29 is 26.9 Å². The van der Waals surface area contributed by atoms with Gasteiger partial charge in [-0.25, -0.2) is 12.8 Å². The Morgan fingerprint density at radius 3 is 2.42 bits per heavy atom. The first-order valence-corrected chi connectivity index (χ1v) is 11.0. The zero-order chi connectivity index (χ0) is 22.6. The molecule has 3 aromatic rings. The van der Waals surface area contributed by atoms with Gasteiger partial charge in [0.05, 0.1) is 25.6 Å². The molecular formula is C20H21FN4O5S. The van der Waals surface area contributed by atoms with Crippen molar-refractivity contribution in [2.45, 2.75) is 19.5 Å². The number of nitrogens with one attached hydrogen (secondary N) is 1. The molecule has 1 aromatic heterocycles. The predicted molar refractivity (Wildman–Crippen MR) is 111 cm³/mol. The number of rotatable bonds is 8. The summed E-state index contributed by atoms with van der Waals surface area (Å²) in [5.41, 5.74) is 0.876. The molecule has 1 heterocycles. The second kappa shape index (κ2) is 9.13. The van der Waals surface area contributed by atoms with E-state index in [1.54, 1.807) is 31.4 Å². The van der Waals surface area contributed by atoms with Gasteiger partial charge in [0.1, 0.15) is 17.6 Å². The van der Waals surface area contributed by atoms with Gasteiger partial charge in [-0.15, -0.1) is 0 Å². The Kier molecular flexibility index (Phi) is 6.54. The molecule has 1 N–H and O–H groups in total. The molecule has 1 amide bonds. The summed E-state index contributed by atoms with van der Waals surface area (Å²) in [5.74, 6) is 0.0747. The first kappa shape index (κ1) is 22.2. The molecule has 2 aromatic carbocycles. The number of aromatic nitrogens is 2. The van der Waals surface area contributed by atoms with E-state index in [1.807, 2.05) is 0 Å². The number of amides is 1. The highest BCUT2D eigenvalue weighted by molar-refractivity contribution is 7.92. The topological polar surface area (TPSA) is 115 Å². The molecule has 31 heavy (non-hydrogen) atoms. The lowest BCUT2D eigenvalue weighted by molar-refractivity contribution is -0.122. The number of ether oxygens (including phenoxy) is 1. The molecule has 3 rings (SSSR count). The minimum absolute atomic E-state index is 0.0899. The number of sulfonamides is 1.